The predicted molar refractivity (Wildman–Crippen MR) is 82.8 cm³/mol. The van der Waals surface area contributed by atoms with E-state index in [1.165, 1.54) is 19.2 Å². The van der Waals surface area contributed by atoms with Gasteiger partial charge in [-0.05, 0) is 30.7 Å². The third-order valence-electron chi connectivity index (χ3n) is 3.17. The van der Waals surface area contributed by atoms with Crippen LogP contribution in [0.2, 0.25) is 0 Å². The van der Waals surface area contributed by atoms with Crippen LogP contribution in [-0.2, 0) is 10.0 Å². The number of nitrogens with one attached hydrogen (secondary N) is 1. The second-order valence-electron chi connectivity index (χ2n) is 4.68. The fraction of sp³-hybridized carbons (Fsp3) is 0.200. The van der Waals surface area contributed by atoms with E-state index in [2.05, 4.69) is 5.32 Å². The van der Waals surface area contributed by atoms with Gasteiger partial charge in [-0.15, -0.1) is 0 Å². The van der Waals surface area contributed by atoms with Gasteiger partial charge in [0.2, 0.25) is 10.0 Å². The van der Waals surface area contributed by atoms with Crippen LogP contribution in [0.25, 0.3) is 0 Å². The van der Waals surface area contributed by atoms with Gasteiger partial charge >= 0.3 is 0 Å². The van der Waals surface area contributed by atoms with E-state index in [4.69, 9.17) is 9.88 Å². The first-order chi connectivity index (χ1) is 9.91. The van der Waals surface area contributed by atoms with Crippen molar-refractivity contribution in [3.63, 3.8) is 0 Å². The van der Waals surface area contributed by atoms with Gasteiger partial charge in [-0.2, -0.15) is 0 Å². The molecule has 2 rings (SSSR count). The summed E-state index contributed by atoms with van der Waals surface area (Å²) in [5.41, 5.74) is 1.67. The van der Waals surface area contributed by atoms with Crippen LogP contribution in [0.5, 0.6) is 5.75 Å². The summed E-state index contributed by atoms with van der Waals surface area (Å²) in [6.07, 6.45) is 0. The highest BCUT2D eigenvalue weighted by Crippen LogP contribution is 2.30. The molecule has 112 valence electrons. The maximum atomic E-state index is 11.4. The third-order valence-corrected chi connectivity index (χ3v) is 4.08. The lowest BCUT2D eigenvalue weighted by Gasteiger charge is -2.18. The molecule has 2 aromatic rings. The zero-order valence-electron chi connectivity index (χ0n) is 11.9. The van der Waals surface area contributed by atoms with Crippen molar-refractivity contribution in [1.82, 2.24) is 0 Å². The number of primary sulfonamides is 1. The van der Waals surface area contributed by atoms with Crippen molar-refractivity contribution in [3.8, 4) is 5.75 Å². The molecule has 0 aliphatic heterocycles. The van der Waals surface area contributed by atoms with Gasteiger partial charge in [-0.25, -0.2) is 13.6 Å². The van der Waals surface area contributed by atoms with E-state index in [0.717, 1.165) is 5.56 Å². The first-order valence-corrected chi connectivity index (χ1v) is 7.99. The van der Waals surface area contributed by atoms with Crippen LogP contribution in [0.4, 0.5) is 5.69 Å². The molecule has 1 atom stereocenters. The third kappa shape index (κ3) is 3.74. The van der Waals surface area contributed by atoms with Crippen molar-refractivity contribution in [1.29, 1.82) is 0 Å². The first-order valence-electron chi connectivity index (χ1n) is 6.44. The second kappa shape index (κ2) is 6.15. The van der Waals surface area contributed by atoms with E-state index in [9.17, 15) is 8.42 Å². The molecule has 0 amide bonds. The first kappa shape index (κ1) is 15.3. The van der Waals surface area contributed by atoms with Crippen LogP contribution in [0, 0.1) is 0 Å². The molecule has 0 fully saturated rings. The minimum Gasteiger partial charge on any atom is -0.495 e. The Kier molecular flexibility index (Phi) is 4.50. The number of methoxy groups -OCH3 is 1. The average molecular weight is 306 g/mol. The largest absolute Gasteiger partial charge is 0.495 e. The lowest BCUT2D eigenvalue weighted by atomic mass is 10.1. The highest BCUT2D eigenvalue weighted by molar-refractivity contribution is 7.89. The number of anilines is 1. The summed E-state index contributed by atoms with van der Waals surface area (Å²) in [6.45, 7) is 1.98. The van der Waals surface area contributed by atoms with Gasteiger partial charge in [0.1, 0.15) is 5.75 Å². The average Bonchev–Trinajstić information content (AvgIpc) is 2.47. The molecular formula is C15H18N2O3S. The molecule has 0 spiro atoms. The minimum absolute atomic E-state index is 0.00386. The summed E-state index contributed by atoms with van der Waals surface area (Å²) < 4.78 is 28.2. The number of hydrogen-bond acceptors (Lipinski definition) is 4. The van der Waals surface area contributed by atoms with Crippen LogP contribution in [0.1, 0.15) is 18.5 Å². The molecule has 1 unspecified atom stereocenters. The maximum absolute atomic E-state index is 11.4. The Labute approximate surface area is 124 Å². The molecule has 0 saturated carbocycles. The molecule has 0 saturated heterocycles. The van der Waals surface area contributed by atoms with Gasteiger partial charge in [-0.3, -0.25) is 0 Å². The van der Waals surface area contributed by atoms with Gasteiger partial charge in [-0.1, -0.05) is 30.3 Å². The lowest BCUT2D eigenvalue weighted by Crippen LogP contribution is -2.13. The van der Waals surface area contributed by atoms with Crippen molar-refractivity contribution in [2.45, 2.75) is 17.9 Å². The Morgan fingerprint density at radius 2 is 1.81 bits per heavy atom. The van der Waals surface area contributed by atoms with Gasteiger partial charge in [0.25, 0.3) is 0 Å². The van der Waals surface area contributed by atoms with E-state index in [-0.39, 0.29) is 10.9 Å². The van der Waals surface area contributed by atoms with Crippen LogP contribution in [-0.4, -0.2) is 15.5 Å². The molecule has 2 aromatic carbocycles. The number of benzene rings is 2. The predicted octanol–water partition coefficient (Wildman–Crippen LogP) is 2.52. The molecule has 0 aromatic heterocycles. The molecule has 6 heteroatoms. The van der Waals surface area contributed by atoms with E-state index in [1.807, 2.05) is 37.3 Å². The number of ether oxygens (including phenoxy) is 1. The smallest absolute Gasteiger partial charge is 0.238 e. The van der Waals surface area contributed by atoms with Gasteiger partial charge in [0, 0.05) is 6.04 Å². The number of rotatable bonds is 5. The highest BCUT2D eigenvalue weighted by atomic mass is 32.2. The second-order valence-corrected chi connectivity index (χ2v) is 6.25. The molecule has 21 heavy (non-hydrogen) atoms. The topological polar surface area (TPSA) is 81.4 Å². The monoisotopic (exact) mass is 306 g/mol. The van der Waals surface area contributed by atoms with Gasteiger partial charge < -0.3 is 10.1 Å². The van der Waals surface area contributed by atoms with Crippen molar-refractivity contribution in [3.05, 3.63) is 54.1 Å². The summed E-state index contributed by atoms with van der Waals surface area (Å²) in [6, 6.07) is 14.3. The Bertz CT molecular complexity index is 715. The maximum Gasteiger partial charge on any atom is 0.238 e. The SMILES string of the molecule is COc1ccc(S(N)(=O)=O)cc1NC(C)c1ccccc1. The molecule has 0 heterocycles. The van der Waals surface area contributed by atoms with Crippen molar-refractivity contribution in [2.24, 2.45) is 5.14 Å². The highest BCUT2D eigenvalue weighted by Gasteiger charge is 2.14. The molecule has 0 bridgehead atoms. The van der Waals surface area contributed by atoms with Crippen molar-refractivity contribution in [2.75, 3.05) is 12.4 Å². The molecule has 0 radical (unpaired) electrons. The number of sulfonamides is 1. The molecular weight excluding hydrogens is 288 g/mol. The zero-order chi connectivity index (χ0) is 15.5. The minimum atomic E-state index is -3.75. The summed E-state index contributed by atoms with van der Waals surface area (Å²) in [4.78, 5) is 0.0473. The number of nitrogens with two attached hydrogens (primary N) is 1. The Balaban J connectivity index is 2.34. The summed E-state index contributed by atoms with van der Waals surface area (Å²) >= 11 is 0. The van der Waals surface area contributed by atoms with Gasteiger partial charge in [0.05, 0.1) is 17.7 Å². The van der Waals surface area contributed by atoms with Crippen LogP contribution < -0.4 is 15.2 Å². The standard InChI is InChI=1S/C15H18N2O3S/c1-11(12-6-4-3-5-7-12)17-14-10-13(21(16,18)19)8-9-15(14)20-2/h3-11,17H,1-2H3,(H2,16,18,19). The van der Waals surface area contributed by atoms with Gasteiger partial charge in [0.15, 0.2) is 0 Å². The van der Waals surface area contributed by atoms with E-state index in [1.54, 1.807) is 6.07 Å². The fourth-order valence-electron chi connectivity index (χ4n) is 2.04. The van der Waals surface area contributed by atoms with Crippen LogP contribution >= 0.6 is 0 Å². The molecule has 0 aliphatic rings. The Morgan fingerprint density at radius 3 is 2.38 bits per heavy atom. The van der Waals surface area contributed by atoms with E-state index < -0.39 is 10.0 Å². The van der Waals surface area contributed by atoms with Crippen LogP contribution in [0.3, 0.4) is 0 Å². The summed E-state index contributed by atoms with van der Waals surface area (Å²) in [7, 11) is -2.21. The van der Waals surface area contributed by atoms with Crippen LogP contribution in [0.15, 0.2) is 53.4 Å². The lowest BCUT2D eigenvalue weighted by molar-refractivity contribution is 0.415. The van der Waals surface area contributed by atoms with E-state index >= 15 is 0 Å². The summed E-state index contributed by atoms with van der Waals surface area (Å²) in [5, 5.41) is 8.41. The quantitative estimate of drug-likeness (QED) is 0.889. The van der Waals surface area contributed by atoms with Crippen molar-refractivity contribution < 1.29 is 13.2 Å². The van der Waals surface area contributed by atoms with Crippen molar-refractivity contribution >= 4 is 15.7 Å². The molecule has 0 aliphatic carbocycles. The Hall–Kier alpha value is -2.05. The van der Waals surface area contributed by atoms with E-state index in [0.29, 0.717) is 11.4 Å². The normalized spacial score (nSPS) is 12.7. The zero-order valence-corrected chi connectivity index (χ0v) is 12.7. The number of hydrogen-bond donors (Lipinski definition) is 2. The molecule has 3 N–H and O–H groups in total. The Morgan fingerprint density at radius 1 is 1.14 bits per heavy atom. The molecule has 5 nitrogen and oxygen atoms in total. The fourth-order valence-corrected chi connectivity index (χ4v) is 2.58. The summed E-state index contributed by atoms with van der Waals surface area (Å²) in [5.74, 6) is 0.560.